The first kappa shape index (κ1) is 10.6. The van der Waals surface area contributed by atoms with Crippen molar-refractivity contribution in [1.29, 1.82) is 0 Å². The van der Waals surface area contributed by atoms with E-state index in [0.717, 1.165) is 16.6 Å². The highest BCUT2D eigenvalue weighted by Crippen LogP contribution is 2.13. The fourth-order valence-corrected chi connectivity index (χ4v) is 1.55. The molecule has 0 spiro atoms. The number of imidazole rings is 1. The van der Waals surface area contributed by atoms with Crippen LogP contribution in [0.4, 0.5) is 0 Å². The average Bonchev–Trinajstić information content (AvgIpc) is 2.67. The van der Waals surface area contributed by atoms with Crippen molar-refractivity contribution in [2.24, 2.45) is 7.05 Å². The molecule has 0 radical (unpaired) electrons. The van der Waals surface area contributed by atoms with Gasteiger partial charge in [-0.2, -0.15) is 0 Å². The van der Waals surface area contributed by atoms with E-state index in [9.17, 15) is 4.79 Å². The fraction of sp³-hybridized carbons (Fsp3) is 0.273. The summed E-state index contributed by atoms with van der Waals surface area (Å²) in [4.78, 5) is 15.1. The largest absolute Gasteiger partial charge is 0.387 e. The normalized spacial score (nSPS) is 10.6. The number of aliphatic hydroxyl groups is 1. The van der Waals surface area contributed by atoms with Crippen LogP contribution in [0.1, 0.15) is 5.56 Å². The number of aryl methyl sites for hydroxylation is 1. The minimum absolute atomic E-state index is 0.374. The second-order valence-electron chi connectivity index (χ2n) is 3.61. The topological polar surface area (TPSA) is 67.2 Å². The quantitative estimate of drug-likeness (QED) is 0.774. The maximum absolute atomic E-state index is 10.9. The second kappa shape index (κ2) is 4.32. The van der Waals surface area contributed by atoms with E-state index in [0.29, 0.717) is 6.54 Å². The number of hydrogen-bond acceptors (Lipinski definition) is 3. The third-order valence-corrected chi connectivity index (χ3v) is 2.42. The first-order valence-corrected chi connectivity index (χ1v) is 4.98. The van der Waals surface area contributed by atoms with Crippen molar-refractivity contribution in [3.8, 4) is 0 Å². The number of carbonyl (C=O) groups is 1. The number of nitrogens with zero attached hydrogens (tertiary/aromatic N) is 2. The van der Waals surface area contributed by atoms with Gasteiger partial charge in [-0.05, 0) is 17.7 Å². The molecule has 0 aliphatic heterocycles. The Bertz CT molecular complexity index is 519. The van der Waals surface area contributed by atoms with Crippen LogP contribution in [-0.4, -0.2) is 27.2 Å². The summed E-state index contributed by atoms with van der Waals surface area (Å²) < 4.78 is 1.94. The summed E-state index contributed by atoms with van der Waals surface area (Å²) in [6.45, 7) is -0.0717. The van der Waals surface area contributed by atoms with Gasteiger partial charge >= 0.3 is 0 Å². The molecular weight excluding hydrogens is 206 g/mol. The van der Waals surface area contributed by atoms with E-state index in [4.69, 9.17) is 5.11 Å². The van der Waals surface area contributed by atoms with Gasteiger partial charge in [-0.3, -0.25) is 4.79 Å². The molecule has 5 nitrogen and oxygen atoms in total. The highest BCUT2D eigenvalue weighted by Gasteiger charge is 2.02. The number of fused-ring (bicyclic) bond motifs is 1. The predicted molar refractivity (Wildman–Crippen MR) is 59.6 cm³/mol. The molecule has 0 bridgehead atoms. The van der Waals surface area contributed by atoms with E-state index in [1.807, 2.05) is 29.8 Å². The smallest absolute Gasteiger partial charge is 0.245 e. The van der Waals surface area contributed by atoms with Crippen LogP contribution in [0.15, 0.2) is 24.5 Å². The number of carbonyl (C=O) groups excluding carboxylic acids is 1. The first-order chi connectivity index (χ1) is 7.70. The lowest BCUT2D eigenvalue weighted by Gasteiger charge is -2.03. The Balaban J connectivity index is 2.17. The Morgan fingerprint density at radius 3 is 3.12 bits per heavy atom. The molecule has 0 saturated carbocycles. The van der Waals surface area contributed by atoms with Crippen molar-refractivity contribution in [2.75, 3.05) is 6.61 Å². The van der Waals surface area contributed by atoms with Crippen LogP contribution in [0.25, 0.3) is 11.0 Å². The van der Waals surface area contributed by atoms with E-state index in [-0.39, 0.29) is 5.91 Å². The molecule has 16 heavy (non-hydrogen) atoms. The van der Waals surface area contributed by atoms with E-state index in [1.54, 1.807) is 6.33 Å². The summed E-state index contributed by atoms with van der Waals surface area (Å²) in [5.74, 6) is -0.374. The van der Waals surface area contributed by atoms with Crippen LogP contribution in [0.3, 0.4) is 0 Å². The number of aliphatic hydroxyl groups excluding tert-OH is 1. The van der Waals surface area contributed by atoms with E-state index >= 15 is 0 Å². The van der Waals surface area contributed by atoms with Crippen molar-refractivity contribution in [1.82, 2.24) is 14.9 Å². The molecule has 5 heteroatoms. The number of aromatic nitrogens is 2. The summed E-state index contributed by atoms with van der Waals surface area (Å²) in [6.07, 6.45) is 1.75. The van der Waals surface area contributed by atoms with E-state index in [2.05, 4.69) is 10.3 Å². The molecule has 84 valence electrons. The molecule has 0 fully saturated rings. The number of nitrogens with one attached hydrogen (secondary N) is 1. The lowest BCUT2D eigenvalue weighted by Crippen LogP contribution is -2.25. The standard InChI is InChI=1S/C11H13N3O2/c1-14-7-13-9-4-8(2-3-10(9)14)5-12-11(16)6-15/h2-4,7,15H,5-6H2,1H3,(H,12,16). The van der Waals surface area contributed by atoms with Gasteiger partial charge in [0.05, 0.1) is 17.4 Å². The summed E-state index contributed by atoms with van der Waals surface area (Å²) in [6, 6.07) is 5.82. The van der Waals surface area contributed by atoms with E-state index in [1.165, 1.54) is 0 Å². The van der Waals surface area contributed by atoms with Crippen LogP contribution in [0, 0.1) is 0 Å². The van der Waals surface area contributed by atoms with Gasteiger partial charge in [-0.1, -0.05) is 6.07 Å². The molecule has 2 aromatic rings. The van der Waals surface area contributed by atoms with Gasteiger partial charge in [0.15, 0.2) is 0 Å². The van der Waals surface area contributed by atoms with Crippen molar-refractivity contribution >= 4 is 16.9 Å². The highest BCUT2D eigenvalue weighted by molar-refractivity contribution is 5.78. The molecule has 0 atom stereocenters. The lowest BCUT2D eigenvalue weighted by molar-refractivity contribution is -0.123. The lowest BCUT2D eigenvalue weighted by atomic mass is 10.2. The SMILES string of the molecule is Cn1cnc2cc(CNC(=O)CO)ccc21. The van der Waals surface area contributed by atoms with Gasteiger partial charge in [-0.25, -0.2) is 4.98 Å². The Morgan fingerprint density at radius 2 is 2.38 bits per heavy atom. The monoisotopic (exact) mass is 219 g/mol. The number of rotatable bonds is 3. The molecule has 1 aromatic carbocycles. The summed E-state index contributed by atoms with van der Waals surface area (Å²) >= 11 is 0. The minimum Gasteiger partial charge on any atom is -0.387 e. The molecule has 1 heterocycles. The van der Waals surface area contributed by atoms with Crippen molar-refractivity contribution in [3.63, 3.8) is 0 Å². The number of amides is 1. The maximum Gasteiger partial charge on any atom is 0.245 e. The highest BCUT2D eigenvalue weighted by atomic mass is 16.3. The van der Waals surface area contributed by atoms with Gasteiger partial charge < -0.3 is 15.0 Å². The Labute approximate surface area is 92.7 Å². The van der Waals surface area contributed by atoms with Crippen LogP contribution in [0.5, 0.6) is 0 Å². The molecule has 1 aromatic heterocycles. The third-order valence-electron chi connectivity index (χ3n) is 2.42. The average molecular weight is 219 g/mol. The van der Waals surface area contributed by atoms with Gasteiger partial charge in [0, 0.05) is 13.6 Å². The number of benzene rings is 1. The molecule has 0 aliphatic carbocycles. The molecule has 2 N–H and O–H groups in total. The molecule has 0 unspecified atom stereocenters. The zero-order valence-electron chi connectivity index (χ0n) is 8.97. The fourth-order valence-electron chi connectivity index (χ4n) is 1.55. The summed E-state index contributed by atoms with van der Waals surface area (Å²) in [5, 5.41) is 11.2. The van der Waals surface area contributed by atoms with Crippen molar-refractivity contribution < 1.29 is 9.90 Å². The first-order valence-electron chi connectivity index (χ1n) is 4.98. The molecule has 0 saturated heterocycles. The van der Waals surface area contributed by atoms with Gasteiger partial charge in [0.25, 0.3) is 0 Å². The molecule has 1 amide bonds. The Kier molecular flexibility index (Phi) is 2.87. The van der Waals surface area contributed by atoms with Crippen LogP contribution >= 0.6 is 0 Å². The summed E-state index contributed by atoms with van der Waals surface area (Å²) in [5.41, 5.74) is 2.92. The molecule has 2 rings (SSSR count). The molecular formula is C11H13N3O2. The molecule has 0 aliphatic rings. The zero-order chi connectivity index (χ0) is 11.5. The van der Waals surface area contributed by atoms with E-state index < -0.39 is 6.61 Å². The van der Waals surface area contributed by atoms with Gasteiger partial charge in [-0.15, -0.1) is 0 Å². The Hall–Kier alpha value is -1.88. The van der Waals surface area contributed by atoms with Gasteiger partial charge in [0.2, 0.25) is 5.91 Å². The minimum atomic E-state index is -0.480. The zero-order valence-corrected chi connectivity index (χ0v) is 8.97. The van der Waals surface area contributed by atoms with Crippen molar-refractivity contribution in [3.05, 3.63) is 30.1 Å². The van der Waals surface area contributed by atoms with Crippen LogP contribution < -0.4 is 5.32 Å². The van der Waals surface area contributed by atoms with Crippen LogP contribution in [0.2, 0.25) is 0 Å². The number of hydrogen-bond donors (Lipinski definition) is 2. The Morgan fingerprint density at radius 1 is 1.56 bits per heavy atom. The second-order valence-corrected chi connectivity index (χ2v) is 3.61. The third kappa shape index (κ3) is 2.04. The van der Waals surface area contributed by atoms with Crippen molar-refractivity contribution in [2.45, 2.75) is 6.54 Å². The summed E-state index contributed by atoms with van der Waals surface area (Å²) in [7, 11) is 1.93. The van der Waals surface area contributed by atoms with Crippen LogP contribution in [-0.2, 0) is 18.4 Å². The van der Waals surface area contributed by atoms with Gasteiger partial charge in [0.1, 0.15) is 6.61 Å². The predicted octanol–water partition coefficient (Wildman–Crippen LogP) is 0.182. The maximum atomic E-state index is 10.9.